The van der Waals surface area contributed by atoms with Gasteiger partial charge in [0.2, 0.25) is 0 Å². The summed E-state index contributed by atoms with van der Waals surface area (Å²) < 4.78 is 39.7. The van der Waals surface area contributed by atoms with Gasteiger partial charge in [-0.05, 0) is 7.05 Å². The Kier molecular flexibility index (Phi) is 9.98. The van der Waals surface area contributed by atoms with Crippen LogP contribution >= 0.6 is 15.6 Å². The summed E-state index contributed by atoms with van der Waals surface area (Å²) in [6, 6.07) is 0. The third kappa shape index (κ3) is 11.9. The molecule has 0 aromatic heterocycles. The summed E-state index contributed by atoms with van der Waals surface area (Å²) in [6.07, 6.45) is -1.08. The molecule has 0 saturated carbocycles. The SMILES string of the molecule is CNCOCC(CO)OP(=O)(O)OCCOP(=O)(O)O. The summed E-state index contributed by atoms with van der Waals surface area (Å²) in [4.78, 5) is 26.0. The van der Waals surface area contributed by atoms with Gasteiger partial charge in [0.05, 0.1) is 33.2 Å². The van der Waals surface area contributed by atoms with Crippen LogP contribution in [0.25, 0.3) is 0 Å². The lowest BCUT2D eigenvalue weighted by Gasteiger charge is -2.19. The van der Waals surface area contributed by atoms with Crippen molar-refractivity contribution in [2.45, 2.75) is 6.10 Å². The summed E-state index contributed by atoms with van der Waals surface area (Å²) in [5.74, 6) is 0. The molecule has 0 aliphatic rings. The molecule has 0 aromatic carbocycles. The number of aliphatic hydroxyl groups is 1. The van der Waals surface area contributed by atoms with Gasteiger partial charge in [0, 0.05) is 0 Å². The number of nitrogens with one attached hydrogen (secondary N) is 1. The number of phosphoric acid groups is 2. The molecule has 0 heterocycles. The van der Waals surface area contributed by atoms with Crippen molar-refractivity contribution in [1.29, 1.82) is 0 Å². The minimum Gasteiger partial charge on any atom is -0.394 e. The molecular weight excluding hydrogens is 320 g/mol. The molecule has 0 aliphatic carbocycles. The Bertz CT molecular complexity index is 346. The number of aliphatic hydroxyl groups excluding tert-OH is 1. The van der Waals surface area contributed by atoms with E-state index in [0.717, 1.165) is 0 Å². The van der Waals surface area contributed by atoms with Gasteiger partial charge in [-0.3, -0.25) is 18.9 Å². The van der Waals surface area contributed by atoms with E-state index in [1.807, 2.05) is 0 Å². The highest BCUT2D eigenvalue weighted by molar-refractivity contribution is 7.47. The van der Waals surface area contributed by atoms with Gasteiger partial charge in [-0.15, -0.1) is 0 Å². The maximum atomic E-state index is 11.4. The lowest BCUT2D eigenvalue weighted by molar-refractivity contribution is -0.00557. The van der Waals surface area contributed by atoms with Gasteiger partial charge in [-0.2, -0.15) is 0 Å². The minimum absolute atomic E-state index is 0.149. The molecule has 2 unspecified atom stereocenters. The normalized spacial score (nSPS) is 16.9. The molecule has 0 amide bonds. The van der Waals surface area contributed by atoms with E-state index in [9.17, 15) is 14.0 Å². The predicted molar refractivity (Wildman–Crippen MR) is 65.6 cm³/mol. The van der Waals surface area contributed by atoms with E-state index in [2.05, 4.69) is 18.9 Å². The number of ether oxygens (including phenoxy) is 1. The first-order valence-electron chi connectivity index (χ1n) is 5.39. The van der Waals surface area contributed by atoms with Crippen LogP contribution in [-0.2, 0) is 27.4 Å². The van der Waals surface area contributed by atoms with Crippen molar-refractivity contribution < 1.29 is 47.2 Å². The Morgan fingerprint density at radius 2 is 1.75 bits per heavy atom. The van der Waals surface area contributed by atoms with E-state index in [4.69, 9.17) is 19.6 Å². The molecule has 0 spiro atoms. The van der Waals surface area contributed by atoms with Crippen molar-refractivity contribution in [3.05, 3.63) is 0 Å². The van der Waals surface area contributed by atoms with Crippen LogP contribution < -0.4 is 5.32 Å². The zero-order valence-corrected chi connectivity index (χ0v) is 12.5. The number of phosphoric ester groups is 2. The second-order valence-corrected chi connectivity index (χ2v) is 6.05. The topological polar surface area (TPSA) is 164 Å². The second-order valence-electron chi connectivity index (χ2n) is 3.40. The van der Waals surface area contributed by atoms with Crippen molar-refractivity contribution in [3.8, 4) is 0 Å². The fraction of sp³-hybridized carbons (Fsp3) is 1.00. The third-order valence-corrected chi connectivity index (χ3v) is 3.23. The van der Waals surface area contributed by atoms with Crippen LogP contribution in [-0.4, -0.2) is 66.1 Å². The predicted octanol–water partition coefficient (Wildman–Crippen LogP) is -1.22. The van der Waals surface area contributed by atoms with E-state index in [1.165, 1.54) is 0 Å². The van der Waals surface area contributed by atoms with Gasteiger partial charge in [0.25, 0.3) is 0 Å². The lowest BCUT2D eigenvalue weighted by Crippen LogP contribution is -2.26. The quantitative estimate of drug-likeness (QED) is 0.164. The summed E-state index contributed by atoms with van der Waals surface area (Å²) >= 11 is 0. The average molecular weight is 339 g/mol. The summed E-state index contributed by atoms with van der Waals surface area (Å²) in [5.41, 5.74) is 0. The molecule has 0 aliphatic heterocycles. The lowest BCUT2D eigenvalue weighted by atomic mass is 10.4. The zero-order valence-electron chi connectivity index (χ0n) is 10.7. The Labute approximate surface area is 115 Å². The highest BCUT2D eigenvalue weighted by Crippen LogP contribution is 2.44. The average Bonchev–Trinajstić information content (AvgIpc) is 2.32. The molecule has 122 valence electrons. The van der Waals surface area contributed by atoms with Gasteiger partial charge in [-0.1, -0.05) is 0 Å². The van der Waals surface area contributed by atoms with Crippen molar-refractivity contribution in [3.63, 3.8) is 0 Å². The summed E-state index contributed by atoms with van der Waals surface area (Å²) in [7, 11) is -7.53. The molecule has 0 bridgehead atoms. The zero-order chi connectivity index (χ0) is 15.6. The summed E-state index contributed by atoms with van der Waals surface area (Å²) in [6.45, 7) is -1.74. The molecule has 0 fully saturated rings. The minimum atomic E-state index is -4.66. The van der Waals surface area contributed by atoms with Crippen molar-refractivity contribution in [1.82, 2.24) is 5.32 Å². The van der Waals surface area contributed by atoms with Gasteiger partial charge < -0.3 is 24.5 Å². The molecule has 2 atom stereocenters. The Balaban J connectivity index is 4.02. The maximum Gasteiger partial charge on any atom is 0.472 e. The van der Waals surface area contributed by atoms with Gasteiger partial charge >= 0.3 is 15.6 Å². The molecule has 20 heavy (non-hydrogen) atoms. The van der Waals surface area contributed by atoms with Crippen LogP contribution in [0.15, 0.2) is 0 Å². The van der Waals surface area contributed by atoms with Gasteiger partial charge in [0.1, 0.15) is 6.10 Å². The van der Waals surface area contributed by atoms with Crippen molar-refractivity contribution >= 4 is 15.6 Å². The molecule has 13 heteroatoms. The van der Waals surface area contributed by atoms with Gasteiger partial charge in [-0.25, -0.2) is 9.13 Å². The first-order valence-corrected chi connectivity index (χ1v) is 8.42. The number of hydrogen-bond acceptors (Lipinski definition) is 8. The molecule has 0 rings (SSSR count). The first-order chi connectivity index (χ1) is 9.20. The fourth-order valence-corrected chi connectivity index (χ4v) is 2.12. The van der Waals surface area contributed by atoms with Crippen molar-refractivity contribution in [2.24, 2.45) is 0 Å². The Morgan fingerprint density at radius 1 is 1.15 bits per heavy atom. The molecule has 11 nitrogen and oxygen atoms in total. The number of hydrogen-bond donors (Lipinski definition) is 5. The molecular formula is C7H19NO10P2. The van der Waals surface area contributed by atoms with E-state index in [1.54, 1.807) is 7.05 Å². The maximum absolute atomic E-state index is 11.4. The highest BCUT2D eigenvalue weighted by atomic mass is 31.2. The first kappa shape index (κ1) is 20.1. The van der Waals surface area contributed by atoms with Crippen LogP contribution in [0.2, 0.25) is 0 Å². The molecule has 0 aromatic rings. The summed E-state index contributed by atoms with van der Waals surface area (Å²) in [5, 5.41) is 11.6. The second kappa shape index (κ2) is 9.93. The van der Waals surface area contributed by atoms with Crippen LogP contribution in [0.4, 0.5) is 0 Å². The van der Waals surface area contributed by atoms with E-state index >= 15 is 0 Å². The molecule has 0 radical (unpaired) electrons. The van der Waals surface area contributed by atoms with Crippen LogP contribution in [0.3, 0.4) is 0 Å². The monoisotopic (exact) mass is 339 g/mol. The van der Waals surface area contributed by atoms with E-state index < -0.39 is 41.6 Å². The fourth-order valence-electron chi connectivity index (χ4n) is 0.937. The number of rotatable bonds is 12. The molecule has 5 N–H and O–H groups in total. The Morgan fingerprint density at radius 3 is 2.25 bits per heavy atom. The Hall–Kier alpha value is 0.100. The van der Waals surface area contributed by atoms with Crippen LogP contribution in [0.1, 0.15) is 0 Å². The third-order valence-electron chi connectivity index (χ3n) is 1.63. The highest BCUT2D eigenvalue weighted by Gasteiger charge is 2.27. The smallest absolute Gasteiger partial charge is 0.394 e. The largest absolute Gasteiger partial charge is 0.472 e. The van der Waals surface area contributed by atoms with Gasteiger partial charge in [0.15, 0.2) is 0 Å². The van der Waals surface area contributed by atoms with E-state index in [0.29, 0.717) is 0 Å². The standard InChI is InChI=1S/C7H19NO10P2/c1-8-6-15-5-7(4-9)18-20(13,14)17-3-2-16-19(10,11)12/h7-9H,2-6H2,1H3,(H,13,14)(H2,10,11,12). The van der Waals surface area contributed by atoms with Crippen LogP contribution in [0, 0.1) is 0 Å². The van der Waals surface area contributed by atoms with Crippen LogP contribution in [0.5, 0.6) is 0 Å². The van der Waals surface area contributed by atoms with E-state index in [-0.39, 0.29) is 13.3 Å². The van der Waals surface area contributed by atoms with Crippen molar-refractivity contribution in [2.75, 3.05) is 40.2 Å². The molecule has 0 saturated heterocycles.